The molecule has 7 heteroatoms. The molecule has 0 saturated carbocycles. The monoisotopic (exact) mass is 409 g/mol. The second-order valence-electron chi connectivity index (χ2n) is 7.87. The van der Waals surface area contributed by atoms with Gasteiger partial charge in [-0.3, -0.25) is 9.59 Å². The molecule has 1 unspecified atom stereocenters. The Balaban J connectivity index is 2.11. The Kier molecular flexibility index (Phi) is 6.22. The van der Waals surface area contributed by atoms with Crippen LogP contribution in [0, 0.1) is 6.92 Å². The quantitative estimate of drug-likeness (QED) is 0.703. The molecule has 0 radical (unpaired) electrons. The topological polar surface area (TPSA) is 113 Å². The molecule has 1 saturated heterocycles. The highest BCUT2D eigenvalue weighted by molar-refractivity contribution is 6.10. The fraction of sp³-hybridized carbons (Fsp3) is 0.348. The molecule has 1 fully saturated rings. The van der Waals surface area contributed by atoms with Crippen LogP contribution in [0.2, 0.25) is 0 Å². The summed E-state index contributed by atoms with van der Waals surface area (Å²) in [7, 11) is 1.70. The number of hydrogen-bond acceptors (Lipinski definition) is 4. The van der Waals surface area contributed by atoms with E-state index in [1.54, 1.807) is 24.1 Å². The van der Waals surface area contributed by atoms with Gasteiger partial charge in [0.25, 0.3) is 0 Å². The summed E-state index contributed by atoms with van der Waals surface area (Å²) in [4.78, 5) is 38.6. The second kappa shape index (κ2) is 8.67. The predicted molar refractivity (Wildman–Crippen MR) is 116 cm³/mol. The van der Waals surface area contributed by atoms with Gasteiger partial charge < -0.3 is 21.1 Å². The average molecular weight is 409 g/mol. The molecule has 1 aliphatic heterocycles. The maximum absolute atomic E-state index is 13.2. The van der Waals surface area contributed by atoms with E-state index >= 15 is 0 Å². The van der Waals surface area contributed by atoms with E-state index in [1.807, 2.05) is 25.1 Å². The maximum atomic E-state index is 13.2. The standard InChI is InChI=1S/C23H27N3O4/c1-13-10-11-19(26(3)22(28)18-9-4-6-14(2)25-18)17(12-13)15-7-5-8-16(23(29)30)20(15)21(24)27/h5,7-8,10-12,14,18,25H,4,6,9H2,1-3H3,(H2,24,27)(H,29,30)/t14?,18-/m0/s1. The summed E-state index contributed by atoms with van der Waals surface area (Å²) >= 11 is 0. The summed E-state index contributed by atoms with van der Waals surface area (Å²) in [5.41, 5.74) is 7.81. The van der Waals surface area contributed by atoms with Crippen LogP contribution in [0.4, 0.5) is 5.69 Å². The first-order valence-corrected chi connectivity index (χ1v) is 10.0. The zero-order valence-electron chi connectivity index (χ0n) is 17.4. The first-order chi connectivity index (χ1) is 14.2. The normalized spacial score (nSPS) is 18.6. The van der Waals surface area contributed by atoms with Crippen molar-refractivity contribution in [1.29, 1.82) is 0 Å². The minimum atomic E-state index is -1.23. The van der Waals surface area contributed by atoms with Crippen molar-refractivity contribution in [2.45, 2.75) is 45.2 Å². The molecule has 2 atom stereocenters. The van der Waals surface area contributed by atoms with Crippen LogP contribution in [0.5, 0.6) is 0 Å². The largest absolute Gasteiger partial charge is 0.478 e. The van der Waals surface area contributed by atoms with E-state index in [-0.39, 0.29) is 29.1 Å². The van der Waals surface area contributed by atoms with Crippen LogP contribution in [0.25, 0.3) is 11.1 Å². The van der Waals surface area contributed by atoms with Crippen molar-refractivity contribution < 1.29 is 19.5 Å². The minimum absolute atomic E-state index is 0.0675. The number of piperidine rings is 1. The molecule has 4 N–H and O–H groups in total. The minimum Gasteiger partial charge on any atom is -0.478 e. The molecular weight excluding hydrogens is 382 g/mol. The Morgan fingerprint density at radius 3 is 2.50 bits per heavy atom. The van der Waals surface area contributed by atoms with Gasteiger partial charge >= 0.3 is 5.97 Å². The number of carbonyl (C=O) groups excluding carboxylic acids is 2. The maximum Gasteiger partial charge on any atom is 0.336 e. The number of carbonyl (C=O) groups is 3. The number of amides is 2. The molecule has 30 heavy (non-hydrogen) atoms. The van der Waals surface area contributed by atoms with Crippen molar-refractivity contribution in [1.82, 2.24) is 5.32 Å². The summed E-state index contributed by atoms with van der Waals surface area (Å²) in [5.74, 6) is -2.13. The van der Waals surface area contributed by atoms with Gasteiger partial charge in [-0.15, -0.1) is 0 Å². The van der Waals surface area contributed by atoms with Gasteiger partial charge in [0.15, 0.2) is 0 Å². The Bertz CT molecular complexity index is 1000. The van der Waals surface area contributed by atoms with Crippen LogP contribution in [0.15, 0.2) is 36.4 Å². The van der Waals surface area contributed by atoms with Crippen molar-refractivity contribution in [3.05, 3.63) is 53.1 Å². The zero-order chi connectivity index (χ0) is 22.0. The molecule has 1 aliphatic rings. The summed E-state index contributed by atoms with van der Waals surface area (Å²) in [6, 6.07) is 10.1. The molecule has 0 spiro atoms. The van der Waals surface area contributed by atoms with Crippen LogP contribution in [0.1, 0.15) is 52.5 Å². The number of likely N-dealkylation sites (N-methyl/N-ethyl adjacent to an activating group) is 1. The van der Waals surface area contributed by atoms with Crippen molar-refractivity contribution in [2.24, 2.45) is 5.73 Å². The van der Waals surface area contributed by atoms with Gasteiger partial charge in [-0.1, -0.05) is 23.8 Å². The van der Waals surface area contributed by atoms with E-state index in [2.05, 4.69) is 12.2 Å². The Hall–Kier alpha value is -3.19. The lowest BCUT2D eigenvalue weighted by Crippen LogP contribution is -2.50. The van der Waals surface area contributed by atoms with E-state index in [4.69, 9.17) is 5.73 Å². The highest BCUT2D eigenvalue weighted by Crippen LogP contribution is 2.35. The number of hydrogen-bond donors (Lipinski definition) is 3. The molecule has 0 aromatic heterocycles. The van der Waals surface area contributed by atoms with Crippen LogP contribution in [-0.4, -0.2) is 42.0 Å². The Morgan fingerprint density at radius 2 is 1.87 bits per heavy atom. The number of nitrogens with zero attached hydrogens (tertiary/aromatic N) is 1. The molecule has 158 valence electrons. The molecule has 2 aromatic carbocycles. The van der Waals surface area contributed by atoms with Gasteiger partial charge in [0, 0.05) is 18.7 Å². The summed E-state index contributed by atoms with van der Waals surface area (Å²) in [5, 5.41) is 12.9. The van der Waals surface area contributed by atoms with Crippen molar-refractivity contribution in [2.75, 3.05) is 11.9 Å². The van der Waals surface area contributed by atoms with E-state index in [0.29, 0.717) is 16.8 Å². The first-order valence-electron chi connectivity index (χ1n) is 10.0. The number of rotatable bonds is 5. The van der Waals surface area contributed by atoms with E-state index in [9.17, 15) is 19.5 Å². The fourth-order valence-electron chi connectivity index (χ4n) is 4.06. The third kappa shape index (κ3) is 4.21. The summed E-state index contributed by atoms with van der Waals surface area (Å²) < 4.78 is 0. The average Bonchev–Trinajstić information content (AvgIpc) is 2.71. The highest BCUT2D eigenvalue weighted by Gasteiger charge is 2.29. The smallest absolute Gasteiger partial charge is 0.336 e. The highest BCUT2D eigenvalue weighted by atomic mass is 16.4. The lowest BCUT2D eigenvalue weighted by Gasteiger charge is -2.32. The number of nitrogens with one attached hydrogen (secondary N) is 1. The van der Waals surface area contributed by atoms with Gasteiger partial charge in [0.2, 0.25) is 11.8 Å². The fourth-order valence-corrected chi connectivity index (χ4v) is 4.06. The number of anilines is 1. The molecule has 1 heterocycles. The van der Waals surface area contributed by atoms with Gasteiger partial charge in [0.1, 0.15) is 0 Å². The lowest BCUT2D eigenvalue weighted by atomic mass is 9.92. The van der Waals surface area contributed by atoms with Gasteiger partial charge in [-0.2, -0.15) is 0 Å². The zero-order valence-corrected chi connectivity index (χ0v) is 17.4. The van der Waals surface area contributed by atoms with Gasteiger partial charge in [-0.25, -0.2) is 4.79 Å². The van der Waals surface area contributed by atoms with Gasteiger partial charge in [0.05, 0.1) is 22.9 Å². The van der Waals surface area contributed by atoms with Crippen molar-refractivity contribution in [3.8, 4) is 11.1 Å². The Labute approximate surface area is 175 Å². The first kappa shape index (κ1) is 21.5. The lowest BCUT2D eigenvalue weighted by molar-refractivity contribution is -0.121. The number of aryl methyl sites for hydroxylation is 1. The van der Waals surface area contributed by atoms with Crippen molar-refractivity contribution >= 4 is 23.5 Å². The van der Waals surface area contributed by atoms with Crippen LogP contribution >= 0.6 is 0 Å². The number of benzene rings is 2. The molecule has 0 aliphatic carbocycles. The third-order valence-corrected chi connectivity index (χ3v) is 5.59. The summed E-state index contributed by atoms with van der Waals surface area (Å²) in [6.07, 6.45) is 2.77. The molecule has 0 bridgehead atoms. The number of primary amides is 1. The van der Waals surface area contributed by atoms with Crippen LogP contribution in [0.3, 0.4) is 0 Å². The number of nitrogens with two attached hydrogens (primary N) is 1. The van der Waals surface area contributed by atoms with Crippen LogP contribution < -0.4 is 16.0 Å². The van der Waals surface area contributed by atoms with Gasteiger partial charge in [-0.05, 0) is 56.9 Å². The van der Waals surface area contributed by atoms with E-state index in [0.717, 1.165) is 24.8 Å². The van der Waals surface area contributed by atoms with E-state index < -0.39 is 11.9 Å². The Morgan fingerprint density at radius 1 is 1.13 bits per heavy atom. The summed E-state index contributed by atoms with van der Waals surface area (Å²) in [6.45, 7) is 3.96. The molecule has 2 aromatic rings. The van der Waals surface area contributed by atoms with Crippen LogP contribution in [-0.2, 0) is 4.79 Å². The molecule has 3 rings (SSSR count). The molecule has 2 amide bonds. The SMILES string of the molecule is Cc1ccc(N(C)C(=O)[C@@H]2CCCC(C)N2)c(-c2cccc(C(=O)O)c2C(N)=O)c1. The number of aromatic carboxylic acids is 1. The second-order valence-corrected chi connectivity index (χ2v) is 7.87. The predicted octanol–water partition coefficient (Wildman–Crippen LogP) is 2.95. The van der Waals surface area contributed by atoms with Crippen molar-refractivity contribution in [3.63, 3.8) is 0 Å². The third-order valence-electron chi connectivity index (χ3n) is 5.59. The molecular formula is C23H27N3O4. The van der Waals surface area contributed by atoms with E-state index in [1.165, 1.54) is 6.07 Å². The number of carboxylic acid groups (broad SMARTS) is 1. The molecule has 7 nitrogen and oxygen atoms in total. The number of carboxylic acids is 1.